The van der Waals surface area contributed by atoms with Crippen molar-refractivity contribution in [2.24, 2.45) is 4.99 Å². The van der Waals surface area contributed by atoms with Gasteiger partial charge < -0.3 is 19.6 Å². The van der Waals surface area contributed by atoms with Gasteiger partial charge in [-0.3, -0.25) is 19.6 Å². The fourth-order valence-electron chi connectivity index (χ4n) is 5.78. The SMILES string of the molecule is O=C(CN1CCN(C(=O)N2C(c3cccnc3O)=N[C@@H](c3ccc(Cl)cc3)[C@H]2c2ccc(Cl)cc2)CC1)N1CCOCC1. The summed E-state index contributed by atoms with van der Waals surface area (Å²) in [5.41, 5.74) is 2.07. The summed E-state index contributed by atoms with van der Waals surface area (Å²) in [5.74, 6) is 0.204. The molecule has 2 saturated heterocycles. The molecule has 0 unspecified atom stereocenters. The largest absolute Gasteiger partial charge is 0.493 e. The average Bonchev–Trinajstić information content (AvgIpc) is 3.42. The van der Waals surface area contributed by atoms with Crippen LogP contribution in [-0.2, 0) is 9.53 Å². The Kier molecular flexibility index (Phi) is 8.80. The number of hydrogen-bond donors (Lipinski definition) is 1. The minimum Gasteiger partial charge on any atom is -0.493 e. The molecule has 0 spiro atoms. The summed E-state index contributed by atoms with van der Waals surface area (Å²) in [6.45, 7) is 4.66. The number of nitrogens with zero attached hydrogens (tertiary/aromatic N) is 6. The summed E-state index contributed by atoms with van der Waals surface area (Å²) in [5, 5.41) is 11.9. The highest BCUT2D eigenvalue weighted by Gasteiger charge is 2.45. The van der Waals surface area contributed by atoms with E-state index in [2.05, 4.69) is 9.88 Å². The third kappa shape index (κ3) is 6.33. The Hall–Kier alpha value is -3.70. The van der Waals surface area contributed by atoms with Crippen LogP contribution in [0.1, 0.15) is 28.8 Å². The van der Waals surface area contributed by atoms with Crippen LogP contribution in [0.5, 0.6) is 5.88 Å². The summed E-state index contributed by atoms with van der Waals surface area (Å²) in [6.07, 6.45) is 1.49. The number of hydrogen-bond acceptors (Lipinski definition) is 7. The number of rotatable bonds is 5. The molecule has 3 aliphatic heterocycles. The summed E-state index contributed by atoms with van der Waals surface area (Å²) in [6, 6.07) is 16.9. The number of urea groups is 1. The second-order valence-corrected chi connectivity index (χ2v) is 11.6. The summed E-state index contributed by atoms with van der Waals surface area (Å²) >= 11 is 12.4. The predicted octanol–water partition coefficient (Wildman–Crippen LogP) is 4.24. The van der Waals surface area contributed by atoms with Crippen molar-refractivity contribution in [3.05, 3.63) is 93.6 Å². The molecule has 2 atom stereocenters. The van der Waals surface area contributed by atoms with E-state index >= 15 is 0 Å². The molecule has 3 aromatic rings. The molecular formula is C31H32Cl2N6O4. The van der Waals surface area contributed by atoms with E-state index in [0.717, 1.165) is 11.1 Å². The maximum absolute atomic E-state index is 14.5. The molecule has 1 N–H and O–H groups in total. The maximum atomic E-state index is 14.5. The van der Waals surface area contributed by atoms with Gasteiger partial charge in [0.1, 0.15) is 11.9 Å². The smallest absolute Gasteiger partial charge is 0.326 e. The zero-order valence-electron chi connectivity index (χ0n) is 23.5. The molecule has 0 aliphatic carbocycles. The topological polar surface area (TPSA) is 102 Å². The standard InChI is InChI=1S/C31H32Cl2N6O4/c32-23-7-3-21(4-8-23)27-28(22-5-9-24(33)10-6-22)39(29(35-27)25-2-1-11-34-30(25)41)31(42)38-14-12-36(13-15-38)20-26(40)37-16-18-43-19-17-37/h1-11,27-28H,12-20H2,(H,34,41)/t27-,28+/m0/s1. The fraction of sp³-hybridized carbons (Fsp3) is 0.355. The van der Waals surface area contributed by atoms with Crippen molar-refractivity contribution in [3.8, 4) is 5.88 Å². The number of aliphatic imine (C=N–C) groups is 1. The summed E-state index contributed by atoms with van der Waals surface area (Å²) in [4.78, 5) is 43.8. The first-order valence-electron chi connectivity index (χ1n) is 14.3. The molecule has 3 aliphatic rings. The molecular weight excluding hydrogens is 591 g/mol. The number of carbonyl (C=O) groups is 2. The van der Waals surface area contributed by atoms with Crippen LogP contribution in [0.3, 0.4) is 0 Å². The Labute approximate surface area is 260 Å². The van der Waals surface area contributed by atoms with Gasteiger partial charge in [-0.2, -0.15) is 0 Å². The lowest BCUT2D eigenvalue weighted by molar-refractivity contribution is -0.136. The zero-order valence-corrected chi connectivity index (χ0v) is 25.0. The Balaban J connectivity index is 1.30. The summed E-state index contributed by atoms with van der Waals surface area (Å²) in [7, 11) is 0. The quantitative estimate of drug-likeness (QED) is 0.457. The lowest BCUT2D eigenvalue weighted by Gasteiger charge is -2.39. The van der Waals surface area contributed by atoms with E-state index < -0.39 is 12.1 Å². The van der Waals surface area contributed by atoms with Gasteiger partial charge in [-0.25, -0.2) is 9.78 Å². The highest BCUT2D eigenvalue weighted by Crippen LogP contribution is 2.45. The molecule has 4 heterocycles. The van der Waals surface area contributed by atoms with E-state index in [4.69, 9.17) is 32.9 Å². The number of aromatic nitrogens is 1. The van der Waals surface area contributed by atoms with Crippen LogP contribution >= 0.6 is 23.2 Å². The van der Waals surface area contributed by atoms with Crippen LogP contribution in [0.4, 0.5) is 4.79 Å². The van der Waals surface area contributed by atoms with Crippen LogP contribution in [0.15, 0.2) is 71.9 Å². The number of amides is 3. The lowest BCUT2D eigenvalue weighted by Crippen LogP contribution is -2.56. The Bertz CT molecular complexity index is 1490. The average molecular weight is 624 g/mol. The molecule has 0 bridgehead atoms. The molecule has 6 rings (SSSR count). The number of benzene rings is 2. The lowest BCUT2D eigenvalue weighted by atomic mass is 9.93. The second-order valence-electron chi connectivity index (χ2n) is 10.7. The van der Waals surface area contributed by atoms with E-state index in [1.165, 1.54) is 6.20 Å². The van der Waals surface area contributed by atoms with Crippen LogP contribution in [-0.4, -0.2) is 106 Å². The Morgan fingerprint density at radius 3 is 2.09 bits per heavy atom. The Morgan fingerprint density at radius 2 is 1.47 bits per heavy atom. The third-order valence-corrected chi connectivity index (χ3v) is 8.59. The zero-order chi connectivity index (χ0) is 29.9. The van der Waals surface area contributed by atoms with Gasteiger partial charge in [0.05, 0.1) is 31.4 Å². The van der Waals surface area contributed by atoms with Gasteiger partial charge in [-0.1, -0.05) is 47.5 Å². The van der Waals surface area contributed by atoms with Gasteiger partial charge in [-0.05, 0) is 47.5 Å². The minimum atomic E-state index is -0.526. The maximum Gasteiger partial charge on any atom is 0.326 e. The highest BCUT2D eigenvalue weighted by molar-refractivity contribution is 6.30. The molecule has 12 heteroatoms. The van der Waals surface area contributed by atoms with E-state index in [9.17, 15) is 14.7 Å². The van der Waals surface area contributed by atoms with Gasteiger partial charge in [0.25, 0.3) is 0 Å². The monoisotopic (exact) mass is 622 g/mol. The van der Waals surface area contributed by atoms with Gasteiger partial charge in [-0.15, -0.1) is 0 Å². The highest BCUT2D eigenvalue weighted by atomic mass is 35.5. The first kappa shape index (κ1) is 29.4. The molecule has 1 aromatic heterocycles. The number of carbonyl (C=O) groups excluding carboxylic acids is 2. The normalized spacial score (nSPS) is 21.2. The van der Waals surface area contributed by atoms with E-state index in [-0.39, 0.29) is 17.8 Å². The predicted molar refractivity (Wildman–Crippen MR) is 163 cm³/mol. The molecule has 2 aromatic carbocycles. The molecule has 10 nitrogen and oxygen atoms in total. The van der Waals surface area contributed by atoms with Gasteiger partial charge >= 0.3 is 6.03 Å². The Morgan fingerprint density at radius 1 is 0.837 bits per heavy atom. The minimum absolute atomic E-state index is 0.0812. The van der Waals surface area contributed by atoms with Gasteiger partial charge in [0.15, 0.2) is 0 Å². The van der Waals surface area contributed by atoms with Crippen molar-refractivity contribution >= 4 is 41.0 Å². The number of ether oxygens (including phenoxy) is 1. The van der Waals surface area contributed by atoms with Crippen LogP contribution in [0.2, 0.25) is 10.0 Å². The molecule has 2 fully saturated rings. The number of morpholine rings is 1. The second kappa shape index (κ2) is 12.9. The van der Waals surface area contributed by atoms with E-state index in [1.807, 2.05) is 29.2 Å². The third-order valence-electron chi connectivity index (χ3n) is 8.09. The van der Waals surface area contributed by atoms with E-state index in [1.54, 1.807) is 46.2 Å². The van der Waals surface area contributed by atoms with E-state index in [0.29, 0.717) is 80.5 Å². The molecule has 0 saturated carbocycles. The van der Waals surface area contributed by atoms with Crippen molar-refractivity contribution in [2.75, 3.05) is 59.0 Å². The summed E-state index contributed by atoms with van der Waals surface area (Å²) < 4.78 is 5.37. The van der Waals surface area contributed by atoms with Crippen molar-refractivity contribution in [1.82, 2.24) is 24.6 Å². The number of amidine groups is 1. The van der Waals surface area contributed by atoms with Crippen LogP contribution < -0.4 is 0 Å². The van der Waals surface area contributed by atoms with Crippen LogP contribution in [0.25, 0.3) is 0 Å². The molecule has 224 valence electrons. The van der Waals surface area contributed by atoms with Crippen LogP contribution in [0, 0.1) is 0 Å². The molecule has 3 amide bonds. The number of halogens is 2. The van der Waals surface area contributed by atoms with Gasteiger partial charge in [0.2, 0.25) is 11.8 Å². The van der Waals surface area contributed by atoms with Crippen molar-refractivity contribution in [3.63, 3.8) is 0 Å². The van der Waals surface area contributed by atoms with Crippen molar-refractivity contribution in [2.45, 2.75) is 12.1 Å². The van der Waals surface area contributed by atoms with Crippen molar-refractivity contribution in [1.29, 1.82) is 0 Å². The van der Waals surface area contributed by atoms with Gasteiger partial charge in [0, 0.05) is 55.5 Å². The fourth-order valence-corrected chi connectivity index (χ4v) is 6.03. The molecule has 43 heavy (non-hydrogen) atoms. The molecule has 0 radical (unpaired) electrons. The number of piperazine rings is 1. The first-order chi connectivity index (χ1) is 20.9. The number of aromatic hydroxyl groups is 1. The first-order valence-corrected chi connectivity index (χ1v) is 15.0. The van der Waals surface area contributed by atoms with Crippen molar-refractivity contribution < 1.29 is 19.4 Å². The number of pyridine rings is 1.